The van der Waals surface area contributed by atoms with Gasteiger partial charge in [0.1, 0.15) is 17.5 Å². The minimum absolute atomic E-state index is 0.0710. The molecule has 0 aliphatic heterocycles. The van der Waals surface area contributed by atoms with Crippen LogP contribution >= 0.6 is 0 Å². The first-order valence-corrected chi connectivity index (χ1v) is 14.1. The fourth-order valence-corrected chi connectivity index (χ4v) is 5.80. The molecule has 4 aromatic carbocycles. The van der Waals surface area contributed by atoms with Crippen molar-refractivity contribution >= 4 is 27.5 Å². The number of ether oxygens (including phenoxy) is 3. The number of hydrogen-bond acceptors (Lipinski definition) is 7. The van der Waals surface area contributed by atoms with Crippen LogP contribution in [0.4, 0.5) is 10.5 Å². The molecule has 2 amide bonds. The van der Waals surface area contributed by atoms with Gasteiger partial charge < -0.3 is 24.8 Å². The number of sulfone groups is 1. The van der Waals surface area contributed by atoms with Crippen molar-refractivity contribution in [2.45, 2.75) is 22.3 Å². The number of para-hydroxylation sites is 1. The van der Waals surface area contributed by atoms with Crippen molar-refractivity contribution < 1.29 is 32.2 Å². The third kappa shape index (κ3) is 6.67. The minimum Gasteiger partial charge on any atom is -0.496 e. The van der Waals surface area contributed by atoms with E-state index in [1.54, 1.807) is 44.6 Å². The lowest BCUT2D eigenvalue weighted by Gasteiger charge is -2.19. The molecule has 0 saturated heterocycles. The molecule has 0 heterocycles. The molecule has 0 radical (unpaired) electrons. The summed E-state index contributed by atoms with van der Waals surface area (Å²) >= 11 is 0. The molecule has 9 nitrogen and oxygen atoms in total. The molecule has 0 aromatic heterocycles. The molecule has 0 aliphatic rings. The van der Waals surface area contributed by atoms with Gasteiger partial charge in [0, 0.05) is 6.42 Å². The van der Waals surface area contributed by atoms with Gasteiger partial charge in [-0.15, -0.1) is 0 Å². The Bertz CT molecular complexity index is 1600. The predicted molar refractivity (Wildman–Crippen MR) is 155 cm³/mol. The van der Waals surface area contributed by atoms with Crippen molar-refractivity contribution in [2.75, 3.05) is 26.6 Å². The molecule has 1 atom stereocenters. The van der Waals surface area contributed by atoms with Crippen molar-refractivity contribution in [1.82, 2.24) is 5.32 Å². The van der Waals surface area contributed by atoms with Gasteiger partial charge in [0.25, 0.3) is 0 Å². The highest BCUT2D eigenvalue weighted by Gasteiger charge is 2.25. The van der Waals surface area contributed by atoms with E-state index in [0.717, 1.165) is 16.7 Å². The van der Waals surface area contributed by atoms with Crippen molar-refractivity contribution in [2.24, 2.45) is 0 Å². The normalized spacial score (nSPS) is 11.7. The lowest BCUT2D eigenvalue weighted by atomic mass is 9.99. The first-order valence-electron chi connectivity index (χ1n) is 12.6. The Hall–Kier alpha value is -4.83. The minimum atomic E-state index is -3.90. The zero-order chi connectivity index (χ0) is 29.4. The Kier molecular flexibility index (Phi) is 9.26. The molecule has 0 unspecified atom stereocenters. The molecule has 41 heavy (non-hydrogen) atoms. The largest absolute Gasteiger partial charge is 0.496 e. The SMILES string of the molecule is COC(=O)[C@H](Cc1ccc(-c2c(OC)cccc2OC)cc1)NC(=O)Nc1ccccc1S(=O)(=O)c1ccccc1. The maximum absolute atomic E-state index is 13.2. The molecule has 0 bridgehead atoms. The summed E-state index contributed by atoms with van der Waals surface area (Å²) in [6, 6.07) is 25.1. The summed E-state index contributed by atoms with van der Waals surface area (Å²) < 4.78 is 42.3. The Morgan fingerprint density at radius 1 is 0.756 bits per heavy atom. The number of urea groups is 1. The highest BCUT2D eigenvalue weighted by atomic mass is 32.2. The maximum Gasteiger partial charge on any atom is 0.328 e. The van der Waals surface area contributed by atoms with Crippen LogP contribution in [0.25, 0.3) is 11.1 Å². The number of amides is 2. The van der Waals surface area contributed by atoms with Gasteiger partial charge in [-0.3, -0.25) is 0 Å². The smallest absolute Gasteiger partial charge is 0.328 e. The zero-order valence-corrected chi connectivity index (χ0v) is 23.6. The standard InChI is InChI=1S/C31H30N2O7S/c1-38-26-13-9-14-27(39-2)29(26)22-18-16-21(17-19-22)20-25(30(34)40-3)33-31(35)32-24-12-7-8-15-28(24)41(36,37)23-10-5-4-6-11-23/h4-19,25H,20H2,1-3H3,(H2,32,33,35)/t25-/m0/s1. The first kappa shape index (κ1) is 29.2. The zero-order valence-electron chi connectivity index (χ0n) is 22.8. The van der Waals surface area contributed by atoms with E-state index in [9.17, 15) is 18.0 Å². The van der Waals surface area contributed by atoms with Crippen LogP contribution < -0.4 is 20.1 Å². The molecular weight excluding hydrogens is 544 g/mol. The lowest BCUT2D eigenvalue weighted by molar-refractivity contribution is -0.142. The van der Waals surface area contributed by atoms with E-state index in [0.29, 0.717) is 11.5 Å². The Labute approximate surface area is 239 Å². The van der Waals surface area contributed by atoms with Gasteiger partial charge in [-0.25, -0.2) is 18.0 Å². The van der Waals surface area contributed by atoms with Crippen molar-refractivity contribution in [3.05, 3.63) is 103 Å². The van der Waals surface area contributed by atoms with Crippen molar-refractivity contribution in [3.8, 4) is 22.6 Å². The van der Waals surface area contributed by atoms with Crippen molar-refractivity contribution in [1.29, 1.82) is 0 Å². The van der Waals surface area contributed by atoms with Crippen LogP contribution in [-0.4, -0.2) is 47.8 Å². The van der Waals surface area contributed by atoms with Gasteiger partial charge >= 0.3 is 12.0 Å². The van der Waals surface area contributed by atoms with Crippen molar-refractivity contribution in [3.63, 3.8) is 0 Å². The van der Waals surface area contributed by atoms with Crippen LogP contribution in [0.15, 0.2) is 107 Å². The monoisotopic (exact) mass is 574 g/mol. The number of carbonyl (C=O) groups excluding carboxylic acids is 2. The number of benzene rings is 4. The highest BCUT2D eigenvalue weighted by molar-refractivity contribution is 7.91. The molecule has 10 heteroatoms. The van der Waals surface area contributed by atoms with E-state index < -0.39 is 27.9 Å². The number of carbonyl (C=O) groups is 2. The second kappa shape index (κ2) is 13.0. The van der Waals surface area contributed by atoms with E-state index in [4.69, 9.17) is 14.2 Å². The fraction of sp³-hybridized carbons (Fsp3) is 0.161. The van der Waals surface area contributed by atoms with E-state index in [2.05, 4.69) is 10.6 Å². The summed E-state index contributed by atoms with van der Waals surface area (Å²) in [6.07, 6.45) is 0.132. The van der Waals surface area contributed by atoms with Crippen LogP contribution in [0, 0.1) is 0 Å². The van der Waals surface area contributed by atoms with Gasteiger partial charge in [0.2, 0.25) is 9.84 Å². The van der Waals surface area contributed by atoms with Gasteiger partial charge in [-0.05, 0) is 47.5 Å². The van der Waals surface area contributed by atoms with Gasteiger partial charge in [-0.2, -0.15) is 0 Å². The molecule has 0 fully saturated rings. The number of esters is 1. The van der Waals surface area contributed by atoms with Gasteiger partial charge in [-0.1, -0.05) is 60.7 Å². The topological polar surface area (TPSA) is 120 Å². The van der Waals surface area contributed by atoms with Crippen LogP contribution in [0.2, 0.25) is 0 Å². The van der Waals surface area contributed by atoms with Crippen LogP contribution in [-0.2, 0) is 25.8 Å². The quantitative estimate of drug-likeness (QED) is 0.253. The summed E-state index contributed by atoms with van der Waals surface area (Å²) in [5.41, 5.74) is 2.47. The summed E-state index contributed by atoms with van der Waals surface area (Å²) in [6.45, 7) is 0. The van der Waals surface area contributed by atoms with E-state index in [-0.39, 0.29) is 21.9 Å². The van der Waals surface area contributed by atoms with E-state index >= 15 is 0 Å². The summed E-state index contributed by atoms with van der Waals surface area (Å²) in [5, 5.41) is 5.18. The third-order valence-electron chi connectivity index (χ3n) is 6.38. The molecule has 0 aliphatic carbocycles. The molecule has 2 N–H and O–H groups in total. The van der Waals surface area contributed by atoms with Gasteiger partial charge in [0.15, 0.2) is 0 Å². The molecule has 0 saturated carbocycles. The average molecular weight is 575 g/mol. The third-order valence-corrected chi connectivity index (χ3v) is 8.21. The predicted octanol–water partition coefficient (Wildman–Crippen LogP) is 5.11. The Morgan fingerprint density at radius 3 is 1.98 bits per heavy atom. The first-order chi connectivity index (χ1) is 19.8. The maximum atomic E-state index is 13.2. The molecule has 212 valence electrons. The molecular formula is C31H30N2O7S. The second-order valence-corrected chi connectivity index (χ2v) is 10.8. The van der Waals surface area contributed by atoms with Crippen LogP contribution in [0.5, 0.6) is 11.5 Å². The summed E-state index contributed by atoms with van der Waals surface area (Å²) in [5.74, 6) is 0.649. The van der Waals surface area contributed by atoms with E-state index in [1.807, 2.05) is 42.5 Å². The van der Waals surface area contributed by atoms with E-state index in [1.165, 1.54) is 31.4 Å². The van der Waals surface area contributed by atoms with Crippen LogP contribution in [0.3, 0.4) is 0 Å². The second-order valence-electron chi connectivity index (χ2n) is 8.93. The van der Waals surface area contributed by atoms with Gasteiger partial charge in [0.05, 0.1) is 42.4 Å². The lowest BCUT2D eigenvalue weighted by Crippen LogP contribution is -2.45. The molecule has 4 aromatic rings. The highest BCUT2D eigenvalue weighted by Crippen LogP contribution is 2.38. The Morgan fingerprint density at radius 2 is 1.37 bits per heavy atom. The summed E-state index contributed by atoms with van der Waals surface area (Å²) in [4.78, 5) is 25.6. The average Bonchev–Trinajstić information content (AvgIpc) is 3.00. The molecule has 0 spiro atoms. The number of methoxy groups -OCH3 is 3. The van der Waals surface area contributed by atoms with Crippen LogP contribution in [0.1, 0.15) is 5.56 Å². The number of rotatable bonds is 10. The summed E-state index contributed by atoms with van der Waals surface area (Å²) in [7, 11) is 0.494. The number of anilines is 1. The number of hydrogen-bond donors (Lipinski definition) is 2. The Balaban J connectivity index is 1.52. The molecule has 4 rings (SSSR count). The fourth-order valence-electron chi connectivity index (χ4n) is 4.36. The number of nitrogens with one attached hydrogen (secondary N) is 2.